The predicted molar refractivity (Wildman–Crippen MR) is 90.8 cm³/mol. The molecule has 1 aliphatic rings. The van der Waals surface area contributed by atoms with Gasteiger partial charge in [0.1, 0.15) is 0 Å². The number of allylic oxidation sites excluding steroid dienone is 2. The van der Waals surface area contributed by atoms with Gasteiger partial charge in [0.15, 0.2) is 6.29 Å². The lowest BCUT2D eigenvalue weighted by atomic mass is 9.62. The summed E-state index contributed by atoms with van der Waals surface area (Å²) in [7, 11) is 0. The van der Waals surface area contributed by atoms with E-state index in [9.17, 15) is 4.79 Å². The van der Waals surface area contributed by atoms with Crippen LogP contribution in [0.4, 0.5) is 0 Å². The van der Waals surface area contributed by atoms with Crippen LogP contribution >= 0.6 is 0 Å². The quantitative estimate of drug-likeness (QED) is 0.529. The van der Waals surface area contributed by atoms with Crippen LogP contribution in [0.15, 0.2) is 17.7 Å². The SMILES string of the molecule is CC(C)=C(C=O)c1cc2c(cc1C)C(C)(C)CCC2(C)C. The van der Waals surface area contributed by atoms with Crippen LogP contribution in [0.5, 0.6) is 0 Å². The molecule has 0 aliphatic heterocycles. The Morgan fingerprint density at radius 3 is 1.90 bits per heavy atom. The van der Waals surface area contributed by atoms with Gasteiger partial charge in [-0.25, -0.2) is 0 Å². The van der Waals surface area contributed by atoms with E-state index in [1.54, 1.807) is 0 Å². The standard InChI is InChI=1S/C20H28O/c1-13(2)16(12-21)15-11-18-17(10-14(15)3)19(4,5)8-9-20(18,6)7/h10-12H,8-9H2,1-7H3. The molecule has 0 radical (unpaired) electrons. The van der Waals surface area contributed by atoms with E-state index in [1.807, 2.05) is 13.8 Å². The predicted octanol–water partition coefficient (Wildman–Crippen LogP) is 5.34. The van der Waals surface area contributed by atoms with Crippen LogP contribution in [0.3, 0.4) is 0 Å². The molecule has 1 nitrogen and oxygen atoms in total. The number of aldehydes is 1. The van der Waals surface area contributed by atoms with Gasteiger partial charge in [-0.2, -0.15) is 0 Å². The van der Waals surface area contributed by atoms with E-state index >= 15 is 0 Å². The molecule has 1 aliphatic carbocycles. The van der Waals surface area contributed by atoms with Crippen molar-refractivity contribution in [3.05, 3.63) is 40.0 Å². The highest BCUT2D eigenvalue weighted by Gasteiger charge is 2.37. The van der Waals surface area contributed by atoms with Crippen LogP contribution in [0.2, 0.25) is 0 Å². The van der Waals surface area contributed by atoms with Gasteiger partial charge in [0.25, 0.3) is 0 Å². The van der Waals surface area contributed by atoms with Gasteiger partial charge in [-0.15, -0.1) is 0 Å². The number of aryl methyl sites for hydroxylation is 1. The summed E-state index contributed by atoms with van der Waals surface area (Å²) in [5, 5.41) is 0. The van der Waals surface area contributed by atoms with Crippen molar-refractivity contribution < 1.29 is 4.79 Å². The van der Waals surface area contributed by atoms with Crippen LogP contribution in [-0.4, -0.2) is 6.29 Å². The van der Waals surface area contributed by atoms with Crippen molar-refractivity contribution in [1.29, 1.82) is 0 Å². The molecule has 0 saturated carbocycles. The Hall–Kier alpha value is -1.37. The topological polar surface area (TPSA) is 17.1 Å². The van der Waals surface area contributed by atoms with Crippen molar-refractivity contribution in [2.24, 2.45) is 0 Å². The van der Waals surface area contributed by atoms with E-state index in [0.29, 0.717) is 0 Å². The third-order valence-corrected chi connectivity index (χ3v) is 5.14. The Balaban J connectivity index is 2.76. The van der Waals surface area contributed by atoms with Gasteiger partial charge >= 0.3 is 0 Å². The highest BCUT2D eigenvalue weighted by molar-refractivity contribution is 6.08. The monoisotopic (exact) mass is 284 g/mol. The summed E-state index contributed by atoms with van der Waals surface area (Å²) in [5.74, 6) is 0. The van der Waals surface area contributed by atoms with Gasteiger partial charge in [-0.3, -0.25) is 4.79 Å². The third kappa shape index (κ3) is 2.71. The fourth-order valence-corrected chi connectivity index (χ4v) is 3.46. The lowest BCUT2D eigenvalue weighted by Crippen LogP contribution is -2.34. The summed E-state index contributed by atoms with van der Waals surface area (Å²) in [6, 6.07) is 4.60. The molecule has 1 aromatic carbocycles. The van der Waals surface area contributed by atoms with Gasteiger partial charge in [0.2, 0.25) is 0 Å². The zero-order valence-corrected chi connectivity index (χ0v) is 14.6. The Morgan fingerprint density at radius 2 is 1.48 bits per heavy atom. The zero-order valence-electron chi connectivity index (χ0n) is 14.6. The number of carbonyl (C=O) groups excluding carboxylic acids is 1. The smallest absolute Gasteiger partial charge is 0.150 e. The van der Waals surface area contributed by atoms with Crippen LogP contribution in [0, 0.1) is 6.92 Å². The molecular formula is C20H28O. The second-order valence-electron chi connectivity index (χ2n) is 8.01. The van der Waals surface area contributed by atoms with Crippen LogP contribution in [0.1, 0.15) is 76.6 Å². The van der Waals surface area contributed by atoms with Crippen molar-refractivity contribution in [2.75, 3.05) is 0 Å². The van der Waals surface area contributed by atoms with E-state index in [2.05, 4.69) is 46.8 Å². The molecule has 0 amide bonds. The van der Waals surface area contributed by atoms with Gasteiger partial charge in [-0.1, -0.05) is 39.3 Å². The minimum atomic E-state index is 0.183. The zero-order chi connectivity index (χ0) is 16.0. The molecule has 0 saturated heterocycles. The maximum atomic E-state index is 11.5. The molecule has 21 heavy (non-hydrogen) atoms. The first-order valence-electron chi connectivity index (χ1n) is 7.89. The first-order chi connectivity index (χ1) is 9.60. The largest absolute Gasteiger partial charge is 0.298 e. The van der Waals surface area contributed by atoms with Crippen molar-refractivity contribution in [3.63, 3.8) is 0 Å². The number of rotatable bonds is 2. The summed E-state index contributed by atoms with van der Waals surface area (Å²) in [4.78, 5) is 11.5. The first kappa shape index (κ1) is 16.0. The number of carbonyl (C=O) groups is 1. The molecule has 0 atom stereocenters. The molecule has 2 rings (SSSR count). The lowest BCUT2D eigenvalue weighted by Gasteiger charge is -2.42. The van der Waals surface area contributed by atoms with E-state index in [1.165, 1.54) is 29.5 Å². The minimum absolute atomic E-state index is 0.183. The maximum absolute atomic E-state index is 11.5. The molecule has 1 heteroatoms. The molecule has 0 heterocycles. The van der Waals surface area contributed by atoms with Crippen molar-refractivity contribution in [3.8, 4) is 0 Å². The summed E-state index contributed by atoms with van der Waals surface area (Å²) in [6.07, 6.45) is 3.42. The molecule has 0 aromatic heterocycles. The molecule has 1 aromatic rings. The second-order valence-corrected chi connectivity index (χ2v) is 8.01. The van der Waals surface area contributed by atoms with E-state index in [0.717, 1.165) is 23.0 Å². The summed E-state index contributed by atoms with van der Waals surface area (Å²) < 4.78 is 0. The van der Waals surface area contributed by atoms with Gasteiger partial charge in [0, 0.05) is 5.57 Å². The Labute approximate surface area is 129 Å². The summed E-state index contributed by atoms with van der Waals surface area (Å²) >= 11 is 0. The van der Waals surface area contributed by atoms with Crippen molar-refractivity contribution in [1.82, 2.24) is 0 Å². The minimum Gasteiger partial charge on any atom is -0.298 e. The number of fused-ring (bicyclic) bond motifs is 1. The molecule has 0 bridgehead atoms. The van der Waals surface area contributed by atoms with Crippen molar-refractivity contribution in [2.45, 2.75) is 72.1 Å². The number of benzene rings is 1. The molecule has 114 valence electrons. The fourth-order valence-electron chi connectivity index (χ4n) is 3.46. The van der Waals surface area contributed by atoms with E-state index in [4.69, 9.17) is 0 Å². The van der Waals surface area contributed by atoms with Gasteiger partial charge in [-0.05, 0) is 72.8 Å². The molecule has 0 unspecified atom stereocenters. The fraction of sp³-hybridized carbons (Fsp3) is 0.550. The van der Waals surface area contributed by atoms with Crippen LogP contribution < -0.4 is 0 Å². The molecule has 0 spiro atoms. The Kier molecular flexibility index (Phi) is 3.90. The van der Waals surface area contributed by atoms with Crippen molar-refractivity contribution >= 4 is 11.9 Å². The molecule has 0 N–H and O–H groups in total. The summed E-state index contributed by atoms with van der Waals surface area (Å²) in [5.41, 5.74) is 7.52. The number of hydrogen-bond donors (Lipinski definition) is 0. The highest BCUT2D eigenvalue weighted by atomic mass is 16.1. The summed E-state index contributed by atoms with van der Waals surface area (Å²) in [6.45, 7) is 15.5. The lowest BCUT2D eigenvalue weighted by molar-refractivity contribution is -0.103. The molecular weight excluding hydrogens is 256 g/mol. The van der Waals surface area contributed by atoms with E-state index < -0.39 is 0 Å². The third-order valence-electron chi connectivity index (χ3n) is 5.14. The highest BCUT2D eigenvalue weighted by Crippen LogP contribution is 2.47. The first-order valence-corrected chi connectivity index (χ1v) is 7.89. The number of hydrogen-bond acceptors (Lipinski definition) is 1. The maximum Gasteiger partial charge on any atom is 0.150 e. The van der Waals surface area contributed by atoms with E-state index in [-0.39, 0.29) is 10.8 Å². The molecule has 0 fully saturated rings. The van der Waals surface area contributed by atoms with Crippen LogP contribution in [0.25, 0.3) is 5.57 Å². The van der Waals surface area contributed by atoms with Gasteiger partial charge < -0.3 is 0 Å². The average molecular weight is 284 g/mol. The van der Waals surface area contributed by atoms with Crippen LogP contribution in [-0.2, 0) is 15.6 Å². The average Bonchev–Trinajstić information content (AvgIpc) is 2.37. The van der Waals surface area contributed by atoms with Gasteiger partial charge in [0.05, 0.1) is 0 Å². The Morgan fingerprint density at radius 1 is 1.00 bits per heavy atom. The Bertz CT molecular complexity index is 611. The second kappa shape index (κ2) is 5.12. The normalized spacial score (nSPS) is 18.8.